The molecule has 0 unspecified atom stereocenters. The van der Waals surface area contributed by atoms with Crippen molar-refractivity contribution in [3.05, 3.63) is 53.2 Å². The first-order valence-electron chi connectivity index (χ1n) is 8.63. The first kappa shape index (κ1) is 19.9. The van der Waals surface area contributed by atoms with Gasteiger partial charge in [-0.3, -0.25) is 9.52 Å². The van der Waals surface area contributed by atoms with Gasteiger partial charge in [-0.2, -0.15) is 0 Å². The molecule has 1 amide bonds. The summed E-state index contributed by atoms with van der Waals surface area (Å²) in [5, 5.41) is 17.7. The van der Waals surface area contributed by atoms with Gasteiger partial charge in [-0.1, -0.05) is 17.7 Å². The number of carbonyl (C=O) groups is 1. The first-order valence-corrected chi connectivity index (χ1v) is 10.9. The number of rotatable bonds is 5. The number of tetrazole rings is 1. The van der Waals surface area contributed by atoms with Crippen LogP contribution in [0.1, 0.15) is 10.5 Å². The molecule has 0 spiro atoms. The molecule has 30 heavy (non-hydrogen) atoms. The predicted octanol–water partition coefficient (Wildman–Crippen LogP) is 2.64. The van der Waals surface area contributed by atoms with Crippen molar-refractivity contribution in [3.8, 4) is 11.4 Å². The van der Waals surface area contributed by atoms with E-state index in [0.717, 1.165) is 11.6 Å². The van der Waals surface area contributed by atoms with Crippen molar-refractivity contribution in [3.63, 3.8) is 0 Å². The summed E-state index contributed by atoms with van der Waals surface area (Å²) in [5.74, 6) is 0.00343. The normalized spacial score (nSPS) is 11.6. The van der Waals surface area contributed by atoms with E-state index in [1.54, 1.807) is 54.1 Å². The number of halogens is 1. The number of aryl methyl sites for hydroxylation is 1. The molecule has 0 atom stereocenters. The van der Waals surface area contributed by atoms with Gasteiger partial charge in [0, 0.05) is 23.0 Å². The third kappa shape index (κ3) is 3.98. The van der Waals surface area contributed by atoms with Crippen LogP contribution in [0.2, 0.25) is 5.02 Å². The smallest absolute Gasteiger partial charge is 0.272 e. The van der Waals surface area contributed by atoms with E-state index < -0.39 is 10.0 Å². The maximum absolute atomic E-state index is 13.0. The highest BCUT2D eigenvalue weighted by molar-refractivity contribution is 7.92. The molecular formula is C18H16ClN7O3S. The number of aromatic amines is 1. The number of amides is 1. The van der Waals surface area contributed by atoms with Gasteiger partial charge >= 0.3 is 0 Å². The lowest BCUT2D eigenvalue weighted by atomic mass is 10.1. The number of nitrogens with one attached hydrogen (secondary N) is 3. The fourth-order valence-corrected chi connectivity index (χ4v) is 3.83. The minimum Gasteiger partial charge on any atom is -0.340 e. The fourth-order valence-electron chi connectivity index (χ4n) is 3.11. The Labute approximate surface area is 176 Å². The molecule has 4 aromatic rings. The van der Waals surface area contributed by atoms with Crippen LogP contribution in [-0.4, -0.2) is 45.8 Å². The van der Waals surface area contributed by atoms with Crippen LogP contribution in [0.4, 0.5) is 11.4 Å². The van der Waals surface area contributed by atoms with Gasteiger partial charge in [-0.15, -0.1) is 5.10 Å². The van der Waals surface area contributed by atoms with Gasteiger partial charge < -0.3 is 9.88 Å². The number of benzene rings is 2. The van der Waals surface area contributed by atoms with Gasteiger partial charge in [0.25, 0.3) is 5.91 Å². The summed E-state index contributed by atoms with van der Waals surface area (Å²) in [6, 6.07) is 11.7. The number of nitrogens with zero attached hydrogens (tertiary/aromatic N) is 4. The molecule has 2 aromatic heterocycles. The van der Waals surface area contributed by atoms with Crippen molar-refractivity contribution < 1.29 is 13.2 Å². The van der Waals surface area contributed by atoms with Gasteiger partial charge in [-0.05, 0) is 46.8 Å². The summed E-state index contributed by atoms with van der Waals surface area (Å²) in [5.41, 5.74) is 2.52. The summed E-state index contributed by atoms with van der Waals surface area (Å²) in [7, 11) is -1.68. The Morgan fingerprint density at radius 3 is 2.67 bits per heavy atom. The number of sulfonamides is 1. The first-order chi connectivity index (χ1) is 14.2. The van der Waals surface area contributed by atoms with Crippen molar-refractivity contribution in [2.75, 3.05) is 16.3 Å². The molecule has 0 aliphatic heterocycles. The van der Waals surface area contributed by atoms with E-state index in [4.69, 9.17) is 11.6 Å². The highest BCUT2D eigenvalue weighted by Crippen LogP contribution is 2.29. The average molecular weight is 446 g/mol. The van der Waals surface area contributed by atoms with Gasteiger partial charge in [0.05, 0.1) is 23.1 Å². The van der Waals surface area contributed by atoms with E-state index in [1.807, 2.05) is 0 Å². The van der Waals surface area contributed by atoms with E-state index >= 15 is 0 Å². The molecule has 10 nitrogen and oxygen atoms in total. The van der Waals surface area contributed by atoms with E-state index in [-0.39, 0.29) is 5.91 Å². The lowest BCUT2D eigenvalue weighted by Gasteiger charge is -2.10. The predicted molar refractivity (Wildman–Crippen MR) is 114 cm³/mol. The number of H-pyrrole nitrogens is 1. The highest BCUT2D eigenvalue weighted by Gasteiger charge is 2.17. The molecule has 0 saturated carbocycles. The van der Waals surface area contributed by atoms with Crippen LogP contribution in [0.15, 0.2) is 42.5 Å². The Morgan fingerprint density at radius 1 is 1.17 bits per heavy atom. The molecule has 0 aliphatic carbocycles. The standard InChI is InChI=1S/C18H16ClN7O3S/c1-26-15-9-12(23-30(2,28)29)5-3-10(15)7-16(26)18(27)20-14-6-4-11(19)8-13(14)17-21-24-25-22-17/h3-9,23H,1-2H3,(H,20,27)(H,21,22,24,25). The van der Waals surface area contributed by atoms with Gasteiger partial charge in [0.15, 0.2) is 5.82 Å². The van der Waals surface area contributed by atoms with Crippen molar-refractivity contribution in [1.82, 2.24) is 25.2 Å². The quantitative estimate of drug-likeness (QED) is 0.432. The molecule has 12 heteroatoms. The second kappa shape index (κ2) is 7.43. The lowest BCUT2D eigenvalue weighted by molar-refractivity contribution is 0.102. The molecule has 2 aromatic carbocycles. The summed E-state index contributed by atoms with van der Waals surface area (Å²) >= 11 is 6.08. The molecule has 0 aliphatic rings. The summed E-state index contributed by atoms with van der Waals surface area (Å²) in [6.45, 7) is 0. The topological polar surface area (TPSA) is 135 Å². The van der Waals surface area contributed by atoms with Crippen LogP contribution in [0.3, 0.4) is 0 Å². The Bertz CT molecular complexity index is 1360. The van der Waals surface area contributed by atoms with E-state index in [1.165, 1.54) is 0 Å². The Balaban J connectivity index is 1.69. The van der Waals surface area contributed by atoms with Gasteiger partial charge in [0.1, 0.15) is 5.69 Å². The molecule has 0 saturated heterocycles. The zero-order valence-corrected chi connectivity index (χ0v) is 17.4. The van der Waals surface area contributed by atoms with Crippen LogP contribution >= 0.6 is 11.6 Å². The molecule has 0 radical (unpaired) electrons. The Kier molecular flexibility index (Phi) is 4.92. The van der Waals surface area contributed by atoms with Crippen molar-refractivity contribution in [2.45, 2.75) is 0 Å². The van der Waals surface area contributed by atoms with Crippen LogP contribution in [0.25, 0.3) is 22.3 Å². The molecule has 0 fully saturated rings. The minimum atomic E-state index is -3.41. The van der Waals surface area contributed by atoms with Crippen LogP contribution in [0.5, 0.6) is 0 Å². The molecule has 2 heterocycles. The monoisotopic (exact) mass is 445 g/mol. The second-order valence-electron chi connectivity index (χ2n) is 6.63. The van der Waals surface area contributed by atoms with E-state index in [0.29, 0.717) is 39.0 Å². The second-order valence-corrected chi connectivity index (χ2v) is 8.82. The van der Waals surface area contributed by atoms with E-state index in [9.17, 15) is 13.2 Å². The number of anilines is 2. The zero-order valence-electron chi connectivity index (χ0n) is 15.8. The highest BCUT2D eigenvalue weighted by atomic mass is 35.5. The van der Waals surface area contributed by atoms with Gasteiger partial charge in [0.2, 0.25) is 10.0 Å². The maximum atomic E-state index is 13.0. The number of aromatic nitrogens is 5. The fraction of sp³-hybridized carbons (Fsp3) is 0.111. The largest absolute Gasteiger partial charge is 0.340 e. The average Bonchev–Trinajstić information content (AvgIpc) is 3.31. The van der Waals surface area contributed by atoms with Crippen molar-refractivity contribution >= 4 is 49.8 Å². The molecule has 4 rings (SSSR count). The molecule has 154 valence electrons. The Hall–Kier alpha value is -3.44. The van der Waals surface area contributed by atoms with Crippen molar-refractivity contribution in [1.29, 1.82) is 0 Å². The number of carbonyl (C=O) groups excluding carboxylic acids is 1. The zero-order chi connectivity index (χ0) is 21.5. The number of hydrogen-bond donors (Lipinski definition) is 3. The summed E-state index contributed by atoms with van der Waals surface area (Å²) < 4.78 is 27.1. The molecular weight excluding hydrogens is 430 g/mol. The SMILES string of the molecule is Cn1c(C(=O)Nc2ccc(Cl)cc2-c2nnn[nH]2)cc2ccc(NS(C)(=O)=O)cc21. The minimum absolute atomic E-state index is 0.359. The molecule has 3 N–H and O–H groups in total. The van der Waals surface area contributed by atoms with Crippen LogP contribution in [0, 0.1) is 0 Å². The maximum Gasteiger partial charge on any atom is 0.272 e. The third-order valence-corrected chi connectivity index (χ3v) is 5.25. The van der Waals surface area contributed by atoms with Crippen LogP contribution in [-0.2, 0) is 17.1 Å². The van der Waals surface area contributed by atoms with Gasteiger partial charge in [-0.25, -0.2) is 13.5 Å². The number of fused-ring (bicyclic) bond motifs is 1. The summed E-state index contributed by atoms with van der Waals surface area (Å²) in [4.78, 5) is 13.0. The Morgan fingerprint density at radius 2 is 1.97 bits per heavy atom. The van der Waals surface area contributed by atoms with Crippen molar-refractivity contribution in [2.24, 2.45) is 7.05 Å². The lowest BCUT2D eigenvalue weighted by Crippen LogP contribution is -2.16. The number of hydrogen-bond acceptors (Lipinski definition) is 6. The van der Waals surface area contributed by atoms with Crippen LogP contribution < -0.4 is 10.0 Å². The summed E-state index contributed by atoms with van der Waals surface area (Å²) in [6.07, 6.45) is 1.08. The molecule has 0 bridgehead atoms. The van der Waals surface area contributed by atoms with E-state index in [2.05, 4.69) is 30.7 Å². The third-order valence-electron chi connectivity index (χ3n) is 4.41.